The van der Waals surface area contributed by atoms with Crippen LogP contribution in [0.2, 0.25) is 0 Å². The SMILES string of the molecule is COC(=O)[C@]12C(=O)C(C)=C(O)[C@@]1(C)C(C)=C[C@H]1[C@@]3(CO)CC[C@@H](O)C(C)(C)[C@@H]3CC[C@@]12C. The molecule has 0 aromatic rings. The van der Waals surface area contributed by atoms with Gasteiger partial charge in [-0.1, -0.05) is 32.4 Å². The number of hydrogen-bond donors (Lipinski definition) is 3. The number of rotatable bonds is 2. The van der Waals surface area contributed by atoms with E-state index in [2.05, 4.69) is 19.9 Å². The molecule has 0 aliphatic heterocycles. The van der Waals surface area contributed by atoms with Crippen molar-refractivity contribution in [2.75, 3.05) is 13.7 Å². The van der Waals surface area contributed by atoms with Gasteiger partial charge >= 0.3 is 5.97 Å². The van der Waals surface area contributed by atoms with Crippen LogP contribution in [0, 0.1) is 38.9 Å². The van der Waals surface area contributed by atoms with Gasteiger partial charge in [-0.15, -0.1) is 0 Å². The standard InChI is InChI=1S/C26H38O6/c1-14-12-17-23(5,10-8-16-22(3,4)18(28)9-11-25(16,17)13-27)26(21(31)32-7)20(30)15(2)19(29)24(14,26)6/h12,16-18,27-29H,8-11,13H2,1-7H3/t16-,17+,18+,23-,24+,25+,26-/m0/s1. The van der Waals surface area contributed by atoms with E-state index in [-0.39, 0.29) is 35.6 Å². The van der Waals surface area contributed by atoms with Crippen LogP contribution in [0.5, 0.6) is 0 Å². The number of allylic oxidation sites excluding steroid dienone is 3. The van der Waals surface area contributed by atoms with Crippen molar-refractivity contribution in [3.05, 3.63) is 23.0 Å². The van der Waals surface area contributed by atoms with Crippen LogP contribution in [0.3, 0.4) is 0 Å². The van der Waals surface area contributed by atoms with Crippen LogP contribution in [-0.4, -0.2) is 46.9 Å². The van der Waals surface area contributed by atoms with E-state index >= 15 is 0 Å². The molecule has 0 aromatic heterocycles. The molecule has 6 heteroatoms. The molecule has 6 nitrogen and oxygen atoms in total. The number of methoxy groups -OCH3 is 1. The molecule has 0 radical (unpaired) electrons. The molecule has 32 heavy (non-hydrogen) atoms. The maximum absolute atomic E-state index is 14.0. The van der Waals surface area contributed by atoms with Crippen molar-refractivity contribution in [1.82, 2.24) is 0 Å². The quantitative estimate of drug-likeness (QED) is 0.339. The third kappa shape index (κ3) is 2.15. The Morgan fingerprint density at radius 3 is 2.34 bits per heavy atom. The number of hydrogen-bond acceptors (Lipinski definition) is 6. The highest BCUT2D eigenvalue weighted by Gasteiger charge is 2.80. The number of esters is 1. The third-order valence-corrected chi connectivity index (χ3v) is 10.7. The van der Waals surface area contributed by atoms with E-state index in [0.29, 0.717) is 25.7 Å². The zero-order valence-electron chi connectivity index (χ0n) is 20.4. The molecular weight excluding hydrogens is 408 g/mol. The molecule has 0 saturated heterocycles. The lowest BCUT2D eigenvalue weighted by Crippen LogP contribution is -2.70. The lowest BCUT2D eigenvalue weighted by molar-refractivity contribution is -0.226. The van der Waals surface area contributed by atoms with Gasteiger partial charge in [0.25, 0.3) is 0 Å². The van der Waals surface area contributed by atoms with Crippen molar-refractivity contribution in [3.8, 4) is 0 Å². The van der Waals surface area contributed by atoms with Crippen molar-refractivity contribution in [2.24, 2.45) is 38.9 Å². The number of ether oxygens (including phenoxy) is 1. The predicted octanol–water partition coefficient (Wildman–Crippen LogP) is 3.72. The van der Waals surface area contributed by atoms with Crippen LogP contribution in [0.15, 0.2) is 23.0 Å². The van der Waals surface area contributed by atoms with Gasteiger partial charge in [0.1, 0.15) is 5.76 Å². The molecule has 3 N–H and O–H groups in total. The molecule has 4 aliphatic carbocycles. The van der Waals surface area contributed by atoms with Crippen molar-refractivity contribution < 1.29 is 29.6 Å². The van der Waals surface area contributed by atoms with E-state index in [0.717, 1.165) is 5.57 Å². The first-order chi connectivity index (χ1) is 14.7. The average molecular weight is 447 g/mol. The molecule has 0 heterocycles. The summed E-state index contributed by atoms with van der Waals surface area (Å²) < 4.78 is 5.32. The van der Waals surface area contributed by atoms with Gasteiger partial charge < -0.3 is 20.1 Å². The summed E-state index contributed by atoms with van der Waals surface area (Å²) in [5, 5.41) is 32.9. The Hall–Kier alpha value is -1.66. The Bertz CT molecular complexity index is 946. The normalized spacial score (nSPS) is 47.3. The maximum atomic E-state index is 14.0. The summed E-state index contributed by atoms with van der Waals surface area (Å²) >= 11 is 0. The summed E-state index contributed by atoms with van der Waals surface area (Å²) in [6, 6.07) is 0. The zero-order chi connectivity index (χ0) is 24.1. The molecule has 7 atom stereocenters. The second kappa shape index (κ2) is 6.69. The molecule has 0 amide bonds. The first-order valence-corrected chi connectivity index (χ1v) is 11.8. The highest BCUT2D eigenvalue weighted by molar-refractivity contribution is 6.17. The van der Waals surface area contributed by atoms with Crippen LogP contribution in [0.4, 0.5) is 0 Å². The van der Waals surface area contributed by atoms with Gasteiger partial charge in [-0.05, 0) is 69.1 Å². The molecule has 0 unspecified atom stereocenters. The number of carbonyl (C=O) groups is 2. The number of aliphatic hydroxyl groups is 3. The van der Waals surface area contributed by atoms with Gasteiger partial charge in [0.15, 0.2) is 11.2 Å². The lowest BCUT2D eigenvalue weighted by Gasteiger charge is -2.69. The van der Waals surface area contributed by atoms with Crippen molar-refractivity contribution in [3.63, 3.8) is 0 Å². The van der Waals surface area contributed by atoms with Crippen LogP contribution in [0.25, 0.3) is 0 Å². The number of Topliss-reactive ketones (excluding diaryl/α,β-unsaturated/α-hetero) is 1. The summed E-state index contributed by atoms with van der Waals surface area (Å²) in [5.41, 5.74) is -3.67. The number of fused-ring (bicyclic) bond motifs is 5. The van der Waals surface area contributed by atoms with Gasteiger partial charge in [0.05, 0.1) is 18.6 Å². The van der Waals surface area contributed by atoms with Crippen molar-refractivity contribution in [2.45, 2.75) is 73.3 Å². The third-order valence-electron chi connectivity index (χ3n) is 10.7. The zero-order valence-corrected chi connectivity index (χ0v) is 20.4. The van der Waals surface area contributed by atoms with Crippen LogP contribution >= 0.6 is 0 Å². The summed E-state index contributed by atoms with van der Waals surface area (Å²) in [4.78, 5) is 27.7. The minimum atomic E-state index is -1.60. The Morgan fingerprint density at radius 2 is 1.78 bits per heavy atom. The number of carbonyl (C=O) groups excluding carboxylic acids is 2. The topological polar surface area (TPSA) is 104 Å². The second-order valence-corrected chi connectivity index (χ2v) is 11.8. The number of ketones is 1. The fourth-order valence-corrected chi connectivity index (χ4v) is 8.83. The highest BCUT2D eigenvalue weighted by atomic mass is 16.5. The molecule has 178 valence electrons. The lowest BCUT2D eigenvalue weighted by atomic mass is 9.33. The second-order valence-electron chi connectivity index (χ2n) is 11.8. The fraction of sp³-hybridized carbons (Fsp3) is 0.769. The summed E-state index contributed by atoms with van der Waals surface area (Å²) in [6.07, 6.45) is 4.05. The Labute approximate surface area is 190 Å². The Balaban J connectivity index is 2.05. The van der Waals surface area contributed by atoms with E-state index in [9.17, 15) is 24.9 Å². The Morgan fingerprint density at radius 1 is 1.16 bits per heavy atom. The minimum absolute atomic E-state index is 0.0316. The van der Waals surface area contributed by atoms with Gasteiger partial charge in [-0.2, -0.15) is 0 Å². The van der Waals surface area contributed by atoms with Crippen LogP contribution < -0.4 is 0 Å². The molecule has 0 bridgehead atoms. The smallest absolute Gasteiger partial charge is 0.321 e. The van der Waals surface area contributed by atoms with E-state index in [4.69, 9.17) is 4.74 Å². The molecule has 0 spiro atoms. The summed E-state index contributed by atoms with van der Waals surface area (Å²) in [6.45, 7) is 11.3. The monoisotopic (exact) mass is 446 g/mol. The minimum Gasteiger partial charge on any atom is -0.511 e. The molecule has 0 aromatic carbocycles. The maximum Gasteiger partial charge on any atom is 0.321 e. The van der Waals surface area contributed by atoms with E-state index in [1.807, 2.05) is 13.8 Å². The van der Waals surface area contributed by atoms with E-state index in [1.165, 1.54) is 7.11 Å². The molecular formula is C26H38O6. The van der Waals surface area contributed by atoms with Crippen LogP contribution in [0.1, 0.15) is 67.2 Å². The predicted molar refractivity (Wildman–Crippen MR) is 120 cm³/mol. The van der Waals surface area contributed by atoms with Crippen molar-refractivity contribution >= 4 is 11.8 Å². The highest BCUT2D eigenvalue weighted by Crippen LogP contribution is 2.77. The number of aliphatic hydroxyl groups excluding tert-OH is 3. The van der Waals surface area contributed by atoms with Gasteiger partial charge in [-0.3, -0.25) is 9.59 Å². The molecule has 4 rings (SSSR count). The largest absolute Gasteiger partial charge is 0.511 e. The Kier molecular flexibility index (Phi) is 4.91. The first-order valence-electron chi connectivity index (χ1n) is 11.8. The van der Waals surface area contributed by atoms with Gasteiger partial charge in [0, 0.05) is 17.6 Å². The molecule has 2 fully saturated rings. The molecule has 4 aliphatic rings. The molecule has 2 saturated carbocycles. The average Bonchev–Trinajstić information content (AvgIpc) is 2.91. The van der Waals surface area contributed by atoms with E-state index < -0.39 is 39.1 Å². The van der Waals surface area contributed by atoms with E-state index in [1.54, 1.807) is 13.8 Å². The summed E-state index contributed by atoms with van der Waals surface area (Å²) in [7, 11) is 1.30. The van der Waals surface area contributed by atoms with Gasteiger partial charge in [-0.25, -0.2) is 0 Å². The fourth-order valence-electron chi connectivity index (χ4n) is 8.83. The van der Waals surface area contributed by atoms with Crippen LogP contribution in [-0.2, 0) is 14.3 Å². The van der Waals surface area contributed by atoms with Crippen molar-refractivity contribution in [1.29, 1.82) is 0 Å². The first kappa shape index (κ1) is 23.5. The van der Waals surface area contributed by atoms with Gasteiger partial charge in [0.2, 0.25) is 0 Å². The summed E-state index contributed by atoms with van der Waals surface area (Å²) in [5.74, 6) is -1.29.